The Morgan fingerprint density at radius 1 is 0.947 bits per heavy atom. The van der Waals surface area contributed by atoms with E-state index in [2.05, 4.69) is 57.0 Å². The van der Waals surface area contributed by atoms with E-state index < -0.39 is 7.92 Å². The molecule has 3 atom stereocenters. The monoisotopic (exact) mass is 553 g/mol. The van der Waals surface area contributed by atoms with Crippen LogP contribution in [0.15, 0.2) is 42.6 Å². The molecule has 2 saturated heterocycles. The Hall–Kier alpha value is -2.31. The van der Waals surface area contributed by atoms with Gasteiger partial charge in [0.25, 0.3) is 0 Å². The van der Waals surface area contributed by atoms with Crippen molar-refractivity contribution in [2.24, 2.45) is 0 Å². The first-order valence-electron chi connectivity index (χ1n) is 13.4. The van der Waals surface area contributed by atoms with Gasteiger partial charge in [0.05, 0.1) is 19.4 Å². The highest BCUT2D eigenvalue weighted by Gasteiger charge is 2.41. The first-order chi connectivity index (χ1) is 18.4. The fourth-order valence-corrected chi connectivity index (χ4v) is 7.41. The van der Waals surface area contributed by atoms with Gasteiger partial charge in [0.1, 0.15) is 10.8 Å². The highest BCUT2D eigenvalue weighted by Crippen LogP contribution is 2.36. The number of hydrogen-bond donors (Lipinski definition) is 2. The van der Waals surface area contributed by atoms with Gasteiger partial charge >= 0.3 is 0 Å². The Kier molecular flexibility index (Phi) is 7.54. The van der Waals surface area contributed by atoms with E-state index in [4.69, 9.17) is 16.3 Å². The largest absolute Gasteiger partial charge is 0.378 e. The van der Waals surface area contributed by atoms with Crippen LogP contribution in [-0.4, -0.2) is 59.5 Å². The fourth-order valence-electron chi connectivity index (χ4n) is 6.28. The number of aromatic nitrogens is 2. The molecule has 1 aromatic heterocycles. The summed E-state index contributed by atoms with van der Waals surface area (Å²) < 4.78 is 19.7. The summed E-state index contributed by atoms with van der Waals surface area (Å²) in [5, 5.41) is 8.00. The lowest BCUT2D eigenvalue weighted by Gasteiger charge is -2.40. The summed E-state index contributed by atoms with van der Waals surface area (Å²) >= 11 is 6.43. The van der Waals surface area contributed by atoms with Crippen molar-refractivity contribution >= 4 is 48.0 Å². The first-order valence-corrected chi connectivity index (χ1v) is 16.1. The van der Waals surface area contributed by atoms with Gasteiger partial charge in [-0.3, -0.25) is 4.90 Å². The normalized spacial score (nSPS) is 23.2. The Morgan fingerprint density at radius 3 is 2.47 bits per heavy atom. The van der Waals surface area contributed by atoms with Crippen molar-refractivity contribution in [2.75, 3.05) is 37.2 Å². The predicted molar refractivity (Wildman–Crippen MR) is 155 cm³/mol. The maximum Gasteiger partial charge on any atom is 0.229 e. The Balaban J connectivity index is 1.17. The number of nitrogens with zero attached hydrogens (tertiary/aromatic N) is 3. The van der Waals surface area contributed by atoms with Crippen LogP contribution in [0.4, 0.5) is 27.5 Å². The zero-order valence-corrected chi connectivity index (χ0v) is 23.5. The predicted octanol–water partition coefficient (Wildman–Crippen LogP) is 6.23. The third-order valence-electron chi connectivity index (χ3n) is 8.11. The molecular weight excluding hydrogens is 520 g/mol. The second-order valence-electron chi connectivity index (χ2n) is 10.8. The van der Waals surface area contributed by atoms with Gasteiger partial charge in [-0.05, 0) is 93.3 Å². The maximum absolute atomic E-state index is 13.8. The number of fused-ring (bicyclic) bond motifs is 3. The van der Waals surface area contributed by atoms with Gasteiger partial charge in [-0.15, -0.1) is 0 Å². The van der Waals surface area contributed by atoms with E-state index in [1.165, 1.54) is 42.9 Å². The third kappa shape index (κ3) is 5.40. The Bertz CT molecular complexity index is 1310. The smallest absolute Gasteiger partial charge is 0.229 e. The average Bonchev–Trinajstić information content (AvgIpc) is 3.06. The van der Waals surface area contributed by atoms with Crippen molar-refractivity contribution in [3.8, 4) is 0 Å². The zero-order valence-electron chi connectivity index (χ0n) is 21.9. The van der Waals surface area contributed by atoms with E-state index in [9.17, 15) is 4.39 Å². The molecule has 200 valence electrons. The van der Waals surface area contributed by atoms with Crippen molar-refractivity contribution in [2.45, 2.75) is 56.7 Å². The summed E-state index contributed by atoms with van der Waals surface area (Å²) in [6, 6.07) is 13.2. The molecule has 0 radical (unpaired) electrons. The second-order valence-corrected chi connectivity index (χ2v) is 13.5. The van der Waals surface area contributed by atoms with Crippen molar-refractivity contribution in [1.82, 2.24) is 14.9 Å². The van der Waals surface area contributed by atoms with Gasteiger partial charge in [-0.25, -0.2) is 9.37 Å². The number of benzene rings is 2. The molecule has 2 aliphatic heterocycles. The molecule has 2 fully saturated rings. The number of ether oxygens (including phenoxy) is 1. The SMILES string of the molecule is CP(C)c1cc(F)ccc1Nc1nc(Nc2ccc3c(c2)CCC(N2C4CCC2COC4)CC3)ncc1Cl. The molecule has 2 aromatic carbocycles. The molecule has 3 aliphatic rings. The van der Waals surface area contributed by atoms with E-state index >= 15 is 0 Å². The molecule has 3 aromatic rings. The Morgan fingerprint density at radius 2 is 1.71 bits per heavy atom. The van der Waals surface area contributed by atoms with Crippen molar-refractivity contribution in [3.05, 3.63) is 64.6 Å². The highest BCUT2D eigenvalue weighted by atomic mass is 35.5. The van der Waals surface area contributed by atoms with E-state index in [1.54, 1.807) is 18.3 Å². The van der Waals surface area contributed by atoms with Crippen LogP contribution in [0.3, 0.4) is 0 Å². The summed E-state index contributed by atoms with van der Waals surface area (Å²) in [5.41, 5.74) is 4.62. The van der Waals surface area contributed by atoms with Crippen molar-refractivity contribution in [1.29, 1.82) is 0 Å². The number of anilines is 4. The van der Waals surface area contributed by atoms with Gasteiger partial charge in [-0.2, -0.15) is 4.98 Å². The minimum absolute atomic E-state index is 0.246. The molecule has 6 rings (SSSR count). The maximum atomic E-state index is 13.8. The third-order valence-corrected chi connectivity index (χ3v) is 9.72. The van der Waals surface area contributed by atoms with Crippen LogP contribution >= 0.6 is 19.5 Å². The molecular formula is C29H34ClFN5OP. The quantitative estimate of drug-likeness (QED) is 0.279. The molecule has 2 bridgehead atoms. The Labute approximate surface area is 230 Å². The lowest BCUT2D eigenvalue weighted by Crippen LogP contribution is -2.51. The molecule has 9 heteroatoms. The van der Waals surface area contributed by atoms with E-state index in [-0.39, 0.29) is 5.82 Å². The lowest BCUT2D eigenvalue weighted by atomic mass is 10.0. The average molecular weight is 554 g/mol. The van der Waals surface area contributed by atoms with Crippen molar-refractivity contribution < 1.29 is 9.13 Å². The molecule has 1 aliphatic carbocycles. The molecule has 0 amide bonds. The minimum Gasteiger partial charge on any atom is -0.378 e. The summed E-state index contributed by atoms with van der Waals surface area (Å²) in [5.74, 6) is 0.712. The van der Waals surface area contributed by atoms with Crippen LogP contribution in [-0.2, 0) is 17.6 Å². The second kappa shape index (κ2) is 11.1. The molecule has 0 spiro atoms. The van der Waals surface area contributed by atoms with E-state index in [0.717, 1.165) is 42.7 Å². The van der Waals surface area contributed by atoms with Gasteiger partial charge in [0.15, 0.2) is 5.82 Å². The lowest BCUT2D eigenvalue weighted by molar-refractivity contribution is -0.0389. The topological polar surface area (TPSA) is 62.3 Å². The van der Waals surface area contributed by atoms with Gasteiger partial charge in [0, 0.05) is 34.8 Å². The number of aryl methyl sites for hydroxylation is 2. The summed E-state index contributed by atoms with van der Waals surface area (Å²) in [6.45, 7) is 5.98. The van der Waals surface area contributed by atoms with Crippen LogP contribution in [0.25, 0.3) is 0 Å². The first kappa shape index (κ1) is 25.9. The van der Waals surface area contributed by atoms with Crippen molar-refractivity contribution in [3.63, 3.8) is 0 Å². The van der Waals surface area contributed by atoms with Gasteiger partial charge < -0.3 is 15.4 Å². The number of nitrogens with one attached hydrogen (secondary N) is 2. The summed E-state index contributed by atoms with van der Waals surface area (Å²) in [4.78, 5) is 11.8. The molecule has 38 heavy (non-hydrogen) atoms. The van der Waals surface area contributed by atoms with Crippen LogP contribution in [0.5, 0.6) is 0 Å². The summed E-state index contributed by atoms with van der Waals surface area (Å²) in [7, 11) is -0.516. The molecule has 0 saturated carbocycles. The molecule has 2 N–H and O–H groups in total. The highest BCUT2D eigenvalue weighted by molar-refractivity contribution is 7.64. The summed E-state index contributed by atoms with van der Waals surface area (Å²) in [6.07, 6.45) is 8.73. The fraction of sp³-hybridized carbons (Fsp3) is 0.448. The number of halogens is 2. The van der Waals surface area contributed by atoms with E-state index in [1.807, 2.05) is 0 Å². The molecule has 6 nitrogen and oxygen atoms in total. The van der Waals surface area contributed by atoms with Crippen LogP contribution in [0.1, 0.15) is 36.8 Å². The number of hydrogen-bond acceptors (Lipinski definition) is 6. The van der Waals surface area contributed by atoms with Gasteiger partial charge in [-0.1, -0.05) is 25.6 Å². The zero-order chi connectivity index (χ0) is 26.2. The number of morpholine rings is 1. The number of rotatable bonds is 6. The van der Waals surface area contributed by atoms with Crippen LogP contribution < -0.4 is 15.9 Å². The van der Waals surface area contributed by atoms with Gasteiger partial charge in [0.2, 0.25) is 5.95 Å². The van der Waals surface area contributed by atoms with Crippen LogP contribution in [0.2, 0.25) is 5.02 Å². The van der Waals surface area contributed by atoms with E-state index in [0.29, 0.717) is 34.9 Å². The minimum atomic E-state index is -0.516. The molecule has 3 unspecified atom stereocenters. The standard InChI is InChI=1S/C29H34ClFN5OP/c1-38(2)27-14-20(31)6-12-26(27)34-28-25(30)15-32-29(35-28)33-21-7-3-18-4-8-22(9-5-19(18)13-21)36-23-10-11-24(36)17-37-16-23/h3,6-7,12-15,22-24H,4-5,8-11,16-17H2,1-2H3,(H2,32,33,34,35). The van der Waals surface area contributed by atoms with Crippen LogP contribution in [0, 0.1) is 5.82 Å². The molecule has 3 heterocycles.